The van der Waals surface area contributed by atoms with Gasteiger partial charge in [-0.3, -0.25) is 4.79 Å². The lowest BCUT2D eigenvalue weighted by molar-refractivity contribution is -0.113. The van der Waals surface area contributed by atoms with Gasteiger partial charge in [-0.2, -0.15) is 4.99 Å². The molecule has 0 saturated carbocycles. The maximum atomic E-state index is 12.0. The van der Waals surface area contributed by atoms with E-state index in [4.69, 9.17) is 4.74 Å². The van der Waals surface area contributed by atoms with Crippen LogP contribution in [-0.4, -0.2) is 42.3 Å². The number of morpholine rings is 1. The van der Waals surface area contributed by atoms with Crippen LogP contribution in [0.1, 0.15) is 11.1 Å². The summed E-state index contributed by atoms with van der Waals surface area (Å²) in [5.74, 6) is -0.152. The Kier molecular flexibility index (Phi) is 4.75. The topological polar surface area (TPSA) is 41.9 Å². The molecule has 114 valence electrons. The molecule has 3 rings (SSSR count). The molecule has 0 N–H and O–H groups in total. The summed E-state index contributed by atoms with van der Waals surface area (Å²) in [6.07, 6.45) is 5.75. The highest BCUT2D eigenvalue weighted by Gasteiger charge is 2.26. The van der Waals surface area contributed by atoms with Crippen molar-refractivity contribution in [2.75, 3.05) is 26.3 Å². The van der Waals surface area contributed by atoms with E-state index in [0.29, 0.717) is 18.1 Å². The Morgan fingerprint density at radius 1 is 1.32 bits per heavy atom. The molecule has 2 heterocycles. The van der Waals surface area contributed by atoms with Gasteiger partial charge in [0.25, 0.3) is 5.91 Å². The standard InChI is InChI=1S/C17H18N2O2S/c1-13-4-2-5-14(12-13)6-3-7-15-16(20)18-17(22-15)19-8-10-21-11-9-19/h2-7,12H,8-11H2,1H3. The van der Waals surface area contributed by atoms with Crippen LogP contribution >= 0.6 is 11.8 Å². The van der Waals surface area contributed by atoms with Crippen molar-refractivity contribution >= 4 is 28.9 Å². The van der Waals surface area contributed by atoms with Crippen molar-refractivity contribution in [1.29, 1.82) is 0 Å². The Balaban J connectivity index is 1.65. The number of aryl methyl sites for hydroxylation is 1. The van der Waals surface area contributed by atoms with Gasteiger partial charge in [-0.15, -0.1) is 0 Å². The lowest BCUT2D eigenvalue weighted by Crippen LogP contribution is -2.38. The van der Waals surface area contributed by atoms with Gasteiger partial charge in [-0.05, 0) is 30.3 Å². The van der Waals surface area contributed by atoms with Crippen LogP contribution in [0, 0.1) is 6.92 Å². The average molecular weight is 314 g/mol. The monoisotopic (exact) mass is 314 g/mol. The molecule has 2 aliphatic rings. The average Bonchev–Trinajstić information content (AvgIpc) is 2.90. The zero-order valence-electron chi connectivity index (χ0n) is 12.5. The molecule has 0 radical (unpaired) electrons. The first-order chi connectivity index (χ1) is 10.7. The number of amidine groups is 1. The van der Waals surface area contributed by atoms with Crippen LogP contribution in [0.15, 0.2) is 46.3 Å². The summed E-state index contributed by atoms with van der Waals surface area (Å²) in [5.41, 5.74) is 2.35. The summed E-state index contributed by atoms with van der Waals surface area (Å²) in [4.78, 5) is 18.9. The number of aliphatic imine (C=N–C) groups is 1. The SMILES string of the molecule is Cc1cccc(C=CC=C2SC(N3CCOCC3)=NC2=O)c1. The van der Waals surface area contributed by atoms with Crippen LogP contribution in [0.3, 0.4) is 0 Å². The van der Waals surface area contributed by atoms with Crippen molar-refractivity contribution < 1.29 is 9.53 Å². The number of thioether (sulfide) groups is 1. The molecule has 1 aromatic rings. The van der Waals surface area contributed by atoms with E-state index in [9.17, 15) is 4.79 Å². The van der Waals surface area contributed by atoms with Crippen LogP contribution < -0.4 is 0 Å². The molecular weight excluding hydrogens is 296 g/mol. The quantitative estimate of drug-likeness (QED) is 0.787. The van der Waals surface area contributed by atoms with E-state index < -0.39 is 0 Å². The van der Waals surface area contributed by atoms with E-state index >= 15 is 0 Å². The fourth-order valence-corrected chi connectivity index (χ4v) is 3.24. The summed E-state index contributed by atoms with van der Waals surface area (Å²) >= 11 is 1.44. The van der Waals surface area contributed by atoms with Crippen LogP contribution in [0.25, 0.3) is 6.08 Å². The van der Waals surface area contributed by atoms with Gasteiger partial charge in [-0.1, -0.05) is 42.0 Å². The fourth-order valence-electron chi connectivity index (χ4n) is 2.32. The lowest BCUT2D eigenvalue weighted by Gasteiger charge is -2.27. The number of carbonyl (C=O) groups excluding carboxylic acids is 1. The number of rotatable bonds is 2. The maximum Gasteiger partial charge on any atom is 0.286 e. The molecule has 0 aromatic heterocycles. The highest BCUT2D eigenvalue weighted by molar-refractivity contribution is 8.18. The predicted molar refractivity (Wildman–Crippen MR) is 90.7 cm³/mol. The molecule has 0 atom stereocenters. The van der Waals surface area contributed by atoms with Crippen LogP contribution in [0.2, 0.25) is 0 Å². The van der Waals surface area contributed by atoms with Crippen molar-refractivity contribution in [3.8, 4) is 0 Å². The molecule has 2 aliphatic heterocycles. The summed E-state index contributed by atoms with van der Waals surface area (Å²) in [6, 6.07) is 8.24. The summed E-state index contributed by atoms with van der Waals surface area (Å²) in [7, 11) is 0. The van der Waals surface area contributed by atoms with Gasteiger partial charge in [0.05, 0.1) is 18.1 Å². The third-order valence-electron chi connectivity index (χ3n) is 3.47. The first-order valence-corrected chi connectivity index (χ1v) is 8.12. The summed E-state index contributed by atoms with van der Waals surface area (Å²) < 4.78 is 5.32. The normalized spacial score (nSPS) is 21.0. The molecule has 0 unspecified atom stereocenters. The highest BCUT2D eigenvalue weighted by atomic mass is 32.2. The largest absolute Gasteiger partial charge is 0.378 e. The van der Waals surface area contributed by atoms with E-state index in [1.807, 2.05) is 30.4 Å². The van der Waals surface area contributed by atoms with Gasteiger partial charge in [0.1, 0.15) is 0 Å². The van der Waals surface area contributed by atoms with Gasteiger partial charge in [0.2, 0.25) is 0 Å². The molecule has 1 amide bonds. The Morgan fingerprint density at radius 3 is 2.91 bits per heavy atom. The number of allylic oxidation sites excluding steroid dienone is 2. The number of ether oxygens (including phenoxy) is 1. The van der Waals surface area contributed by atoms with Gasteiger partial charge >= 0.3 is 0 Å². The summed E-state index contributed by atoms with van der Waals surface area (Å²) in [5, 5.41) is 0.795. The Bertz CT molecular complexity index is 658. The minimum absolute atomic E-state index is 0.152. The second kappa shape index (κ2) is 6.94. The van der Waals surface area contributed by atoms with Crippen molar-refractivity contribution in [1.82, 2.24) is 4.90 Å². The molecule has 1 fully saturated rings. The van der Waals surface area contributed by atoms with Gasteiger partial charge in [0, 0.05) is 13.1 Å². The van der Waals surface area contributed by atoms with E-state index in [1.165, 1.54) is 17.3 Å². The number of carbonyl (C=O) groups is 1. The van der Waals surface area contributed by atoms with Crippen LogP contribution in [0.5, 0.6) is 0 Å². The Morgan fingerprint density at radius 2 is 2.14 bits per heavy atom. The number of nitrogens with zero attached hydrogens (tertiary/aromatic N) is 2. The lowest BCUT2D eigenvalue weighted by atomic mass is 10.1. The second-order valence-corrected chi connectivity index (χ2v) is 6.21. The van der Waals surface area contributed by atoms with Crippen LogP contribution in [-0.2, 0) is 9.53 Å². The second-order valence-electron chi connectivity index (χ2n) is 5.21. The molecular formula is C17H18N2O2S. The van der Waals surface area contributed by atoms with Gasteiger partial charge in [-0.25, -0.2) is 0 Å². The Labute approximate surface area is 134 Å². The van der Waals surface area contributed by atoms with Crippen LogP contribution in [0.4, 0.5) is 0 Å². The van der Waals surface area contributed by atoms with Crippen molar-refractivity contribution in [3.63, 3.8) is 0 Å². The van der Waals surface area contributed by atoms with E-state index in [0.717, 1.165) is 23.8 Å². The third kappa shape index (κ3) is 3.67. The number of benzene rings is 1. The predicted octanol–water partition coefficient (Wildman–Crippen LogP) is 2.85. The van der Waals surface area contributed by atoms with E-state index in [1.54, 1.807) is 0 Å². The highest BCUT2D eigenvalue weighted by Crippen LogP contribution is 2.28. The maximum absolute atomic E-state index is 12.0. The first kappa shape index (κ1) is 15.1. The fraction of sp³-hybridized carbons (Fsp3) is 0.294. The first-order valence-electron chi connectivity index (χ1n) is 7.31. The van der Waals surface area contributed by atoms with E-state index in [-0.39, 0.29) is 5.91 Å². The molecule has 0 bridgehead atoms. The van der Waals surface area contributed by atoms with Crippen molar-refractivity contribution in [3.05, 3.63) is 52.4 Å². The molecule has 22 heavy (non-hydrogen) atoms. The number of amides is 1. The van der Waals surface area contributed by atoms with Crippen molar-refractivity contribution in [2.45, 2.75) is 6.92 Å². The number of hydrogen-bond donors (Lipinski definition) is 0. The minimum Gasteiger partial charge on any atom is -0.378 e. The van der Waals surface area contributed by atoms with Gasteiger partial charge in [0.15, 0.2) is 5.17 Å². The van der Waals surface area contributed by atoms with Gasteiger partial charge < -0.3 is 9.64 Å². The molecule has 1 aromatic carbocycles. The van der Waals surface area contributed by atoms with Crippen molar-refractivity contribution in [2.24, 2.45) is 4.99 Å². The summed E-state index contributed by atoms with van der Waals surface area (Å²) in [6.45, 7) is 5.05. The Hall–Kier alpha value is -1.85. The smallest absolute Gasteiger partial charge is 0.286 e. The number of hydrogen-bond acceptors (Lipinski definition) is 4. The zero-order valence-corrected chi connectivity index (χ0v) is 13.3. The zero-order chi connectivity index (χ0) is 15.4. The molecule has 1 saturated heterocycles. The molecule has 0 spiro atoms. The molecule has 5 heteroatoms. The molecule has 0 aliphatic carbocycles. The van der Waals surface area contributed by atoms with E-state index in [2.05, 4.69) is 28.9 Å². The third-order valence-corrected chi connectivity index (χ3v) is 4.53. The minimum atomic E-state index is -0.152. The molecule has 4 nitrogen and oxygen atoms in total.